The molecule has 3 aliphatic rings. The van der Waals surface area contributed by atoms with Crippen molar-refractivity contribution in [3.63, 3.8) is 0 Å². The van der Waals surface area contributed by atoms with E-state index in [0.717, 1.165) is 5.92 Å². The summed E-state index contributed by atoms with van der Waals surface area (Å²) in [6.45, 7) is 5.04. The minimum Gasteiger partial charge on any atom is -0.293 e. The van der Waals surface area contributed by atoms with Crippen LogP contribution in [-0.4, -0.2) is 18.0 Å². The van der Waals surface area contributed by atoms with Crippen LogP contribution in [0.3, 0.4) is 0 Å². The van der Waals surface area contributed by atoms with Crippen LogP contribution in [0.2, 0.25) is 0 Å². The van der Waals surface area contributed by atoms with Crippen LogP contribution in [0.5, 0.6) is 0 Å². The van der Waals surface area contributed by atoms with Gasteiger partial charge in [-0.05, 0) is 61.7 Å². The second kappa shape index (κ2) is 4.44. The van der Waals surface area contributed by atoms with Gasteiger partial charge in [0.2, 0.25) is 0 Å². The first kappa shape index (κ1) is 12.1. The first-order valence-electron chi connectivity index (χ1n) is 7.12. The topological polar surface area (TPSA) is 3.24 Å². The van der Waals surface area contributed by atoms with Crippen molar-refractivity contribution in [3.05, 3.63) is 44.8 Å². The molecule has 5 rings (SSSR count). The lowest BCUT2D eigenvalue weighted by Crippen LogP contribution is -2.58. The van der Waals surface area contributed by atoms with Gasteiger partial charge in [0, 0.05) is 15.7 Å². The van der Waals surface area contributed by atoms with Gasteiger partial charge in [-0.25, -0.2) is 0 Å². The first-order valence-corrected chi connectivity index (χ1v) is 8.88. The Bertz CT molecular complexity index is 537. The molecule has 3 aliphatic heterocycles. The second-order valence-electron chi connectivity index (χ2n) is 5.94. The summed E-state index contributed by atoms with van der Waals surface area (Å²) in [5.41, 5.74) is 0.222. The van der Waals surface area contributed by atoms with E-state index >= 15 is 0 Å². The van der Waals surface area contributed by atoms with Crippen molar-refractivity contribution in [1.29, 1.82) is 0 Å². The van der Waals surface area contributed by atoms with Crippen LogP contribution in [0.25, 0.3) is 0 Å². The third kappa shape index (κ3) is 1.68. The first-order chi connectivity index (χ1) is 9.30. The van der Waals surface area contributed by atoms with Crippen molar-refractivity contribution in [3.8, 4) is 0 Å². The molecule has 0 radical (unpaired) electrons. The molecule has 0 N–H and O–H groups in total. The Morgan fingerprint density at radius 2 is 1.84 bits per heavy atom. The number of thiophene rings is 2. The van der Waals surface area contributed by atoms with E-state index < -0.39 is 0 Å². The quantitative estimate of drug-likeness (QED) is 0.785. The fourth-order valence-electron chi connectivity index (χ4n) is 4.21. The zero-order chi connectivity index (χ0) is 12.9. The summed E-state index contributed by atoms with van der Waals surface area (Å²) >= 11 is 3.88. The van der Waals surface area contributed by atoms with Gasteiger partial charge in [-0.2, -0.15) is 0 Å². The van der Waals surface area contributed by atoms with Crippen LogP contribution >= 0.6 is 22.7 Å². The number of nitrogens with zero attached hydrogens (tertiary/aromatic N) is 1. The summed E-state index contributed by atoms with van der Waals surface area (Å²) in [5, 5.41) is 4.47. The van der Waals surface area contributed by atoms with Crippen LogP contribution in [0.4, 0.5) is 0 Å². The Hall–Kier alpha value is -0.640. The molecule has 0 saturated carbocycles. The van der Waals surface area contributed by atoms with E-state index in [4.69, 9.17) is 0 Å². The normalized spacial score (nSPS) is 37.6. The molecule has 0 amide bonds. The summed E-state index contributed by atoms with van der Waals surface area (Å²) in [5.74, 6) is 1.56. The Labute approximate surface area is 122 Å². The molecule has 0 aromatic carbocycles. The Balaban J connectivity index is 1.85. The summed E-state index contributed by atoms with van der Waals surface area (Å²) in [7, 11) is 0. The molecular weight excluding hydrogens is 270 g/mol. The molecule has 3 fully saturated rings. The second-order valence-corrected chi connectivity index (χ2v) is 7.87. The van der Waals surface area contributed by atoms with Gasteiger partial charge in [0.1, 0.15) is 0 Å². The van der Waals surface area contributed by atoms with Gasteiger partial charge in [0.25, 0.3) is 0 Å². The zero-order valence-corrected chi connectivity index (χ0v) is 12.8. The Morgan fingerprint density at radius 3 is 2.47 bits per heavy atom. The maximum absolute atomic E-state index is 2.74. The van der Waals surface area contributed by atoms with Crippen molar-refractivity contribution in [1.82, 2.24) is 4.90 Å². The maximum Gasteiger partial charge on any atom is 0.0605 e. The van der Waals surface area contributed by atoms with E-state index in [0.29, 0.717) is 5.92 Å². The van der Waals surface area contributed by atoms with Crippen molar-refractivity contribution < 1.29 is 0 Å². The summed E-state index contributed by atoms with van der Waals surface area (Å²) in [4.78, 5) is 5.88. The fraction of sp³-hybridized carbons (Fsp3) is 0.500. The van der Waals surface area contributed by atoms with E-state index in [9.17, 15) is 0 Å². The van der Waals surface area contributed by atoms with E-state index in [1.807, 2.05) is 22.7 Å². The molecular formula is C16H19NS2. The summed E-state index contributed by atoms with van der Waals surface area (Å²) in [6.07, 6.45) is 2.76. The third-order valence-electron chi connectivity index (χ3n) is 5.14. The molecule has 3 saturated heterocycles. The molecule has 2 aromatic rings. The van der Waals surface area contributed by atoms with Gasteiger partial charge in [-0.15, -0.1) is 22.7 Å². The van der Waals surface area contributed by atoms with Crippen LogP contribution in [-0.2, 0) is 5.54 Å². The molecule has 2 unspecified atom stereocenters. The average molecular weight is 289 g/mol. The van der Waals surface area contributed by atoms with Gasteiger partial charge in [-0.3, -0.25) is 4.90 Å². The zero-order valence-electron chi connectivity index (χ0n) is 11.2. The van der Waals surface area contributed by atoms with E-state index in [2.05, 4.69) is 46.8 Å². The minimum atomic E-state index is 0.222. The smallest absolute Gasteiger partial charge is 0.0605 e. The minimum absolute atomic E-state index is 0.222. The molecule has 3 heteroatoms. The standard InChI is InChI=1S/C16H19NS2/c1-16(14-5-3-11-19-14)15(13-4-2-10-18-13)12-6-8-17(16)9-7-12/h2-5,10-12,15H,6-9H2,1H3. The highest BCUT2D eigenvalue weighted by atomic mass is 32.1. The lowest BCUT2D eigenvalue weighted by molar-refractivity contribution is -0.0421. The number of piperidine rings is 3. The largest absolute Gasteiger partial charge is 0.293 e. The average Bonchev–Trinajstić information content (AvgIpc) is 3.13. The Kier molecular flexibility index (Phi) is 2.83. The van der Waals surface area contributed by atoms with Crippen LogP contribution in [0.1, 0.15) is 35.4 Å². The molecule has 100 valence electrons. The number of rotatable bonds is 2. The lowest BCUT2D eigenvalue weighted by Gasteiger charge is -2.57. The molecule has 19 heavy (non-hydrogen) atoms. The lowest BCUT2D eigenvalue weighted by atomic mass is 9.65. The van der Waals surface area contributed by atoms with Gasteiger partial charge >= 0.3 is 0 Å². The van der Waals surface area contributed by atoms with Crippen LogP contribution in [0.15, 0.2) is 35.0 Å². The SMILES string of the molecule is CC1(c2cccs2)C(c2cccs2)C2CCN1CC2. The summed E-state index contributed by atoms with van der Waals surface area (Å²) in [6, 6.07) is 9.11. The molecule has 0 spiro atoms. The molecule has 5 heterocycles. The van der Waals surface area contributed by atoms with Crippen LogP contribution in [0, 0.1) is 5.92 Å². The van der Waals surface area contributed by atoms with Gasteiger partial charge < -0.3 is 0 Å². The van der Waals surface area contributed by atoms with E-state index in [1.54, 1.807) is 9.75 Å². The van der Waals surface area contributed by atoms with Crippen molar-refractivity contribution >= 4 is 22.7 Å². The Morgan fingerprint density at radius 1 is 1.11 bits per heavy atom. The van der Waals surface area contributed by atoms with Gasteiger partial charge in [0.05, 0.1) is 5.54 Å². The van der Waals surface area contributed by atoms with Crippen molar-refractivity contribution in [2.24, 2.45) is 5.92 Å². The van der Waals surface area contributed by atoms with E-state index in [-0.39, 0.29) is 5.54 Å². The highest BCUT2D eigenvalue weighted by molar-refractivity contribution is 7.10. The molecule has 2 bridgehead atoms. The van der Waals surface area contributed by atoms with Crippen molar-refractivity contribution in [2.75, 3.05) is 13.1 Å². The number of hydrogen-bond acceptors (Lipinski definition) is 3. The molecule has 0 aliphatic carbocycles. The van der Waals surface area contributed by atoms with Gasteiger partial charge in [-0.1, -0.05) is 12.1 Å². The van der Waals surface area contributed by atoms with Crippen LogP contribution < -0.4 is 0 Å². The predicted molar refractivity (Wildman–Crippen MR) is 83.0 cm³/mol. The predicted octanol–water partition coefficient (Wildman–Crippen LogP) is 4.53. The summed E-state index contributed by atoms with van der Waals surface area (Å²) < 4.78 is 0. The van der Waals surface area contributed by atoms with E-state index in [1.165, 1.54) is 25.9 Å². The highest BCUT2D eigenvalue weighted by Crippen LogP contribution is 2.56. The fourth-order valence-corrected chi connectivity index (χ4v) is 6.20. The maximum atomic E-state index is 2.74. The number of fused-ring (bicyclic) bond motifs is 3. The third-order valence-corrected chi connectivity index (χ3v) is 7.20. The van der Waals surface area contributed by atoms with Gasteiger partial charge in [0.15, 0.2) is 0 Å². The molecule has 2 aromatic heterocycles. The molecule has 2 atom stereocenters. The molecule has 1 nitrogen and oxygen atoms in total. The number of hydrogen-bond donors (Lipinski definition) is 0. The van der Waals surface area contributed by atoms with Crippen molar-refractivity contribution in [2.45, 2.75) is 31.2 Å². The monoisotopic (exact) mass is 289 g/mol. The highest BCUT2D eigenvalue weighted by Gasteiger charge is 2.52.